The Balaban J connectivity index is 1.61. The molecule has 0 atom stereocenters. The predicted octanol–water partition coefficient (Wildman–Crippen LogP) is 3.32. The Morgan fingerprint density at radius 2 is 2.08 bits per heavy atom. The van der Waals surface area contributed by atoms with E-state index in [2.05, 4.69) is 15.3 Å². The van der Waals surface area contributed by atoms with Crippen molar-refractivity contribution in [1.82, 2.24) is 15.3 Å². The molecule has 0 radical (unpaired) electrons. The van der Waals surface area contributed by atoms with Crippen molar-refractivity contribution in [3.05, 3.63) is 51.8 Å². The van der Waals surface area contributed by atoms with Gasteiger partial charge in [-0.25, -0.2) is 9.97 Å². The van der Waals surface area contributed by atoms with Gasteiger partial charge < -0.3 is 14.5 Å². The number of benzene rings is 1. The van der Waals surface area contributed by atoms with Gasteiger partial charge in [0.25, 0.3) is 0 Å². The number of oxazole rings is 1. The largest absolute Gasteiger partial charge is 0.496 e. The molecular weight excluding hydrogens is 350 g/mol. The quantitative estimate of drug-likeness (QED) is 0.689. The molecule has 136 valence electrons. The molecule has 3 rings (SSSR count). The third-order valence-corrected chi connectivity index (χ3v) is 4.75. The van der Waals surface area contributed by atoms with Crippen LogP contribution in [0.15, 0.2) is 34.1 Å². The number of rotatable bonds is 7. The molecule has 0 spiro atoms. The highest BCUT2D eigenvalue weighted by atomic mass is 32.1. The van der Waals surface area contributed by atoms with Crippen LogP contribution in [0.4, 0.5) is 0 Å². The van der Waals surface area contributed by atoms with Crippen LogP contribution in [0.1, 0.15) is 22.2 Å². The van der Waals surface area contributed by atoms with Crippen LogP contribution in [0.3, 0.4) is 0 Å². The van der Waals surface area contributed by atoms with E-state index >= 15 is 0 Å². The monoisotopic (exact) mass is 371 g/mol. The smallest absolute Gasteiger partial charge is 0.230 e. The maximum atomic E-state index is 12.2. The fraction of sp³-hybridized carbons (Fsp3) is 0.316. The lowest BCUT2D eigenvalue weighted by Crippen LogP contribution is -2.27. The molecule has 0 fully saturated rings. The number of carbonyl (C=O) groups is 1. The number of ether oxygens (including phenoxy) is 1. The number of hydrogen-bond donors (Lipinski definition) is 1. The van der Waals surface area contributed by atoms with Crippen LogP contribution in [0, 0.1) is 13.8 Å². The molecule has 0 unspecified atom stereocenters. The second-order valence-corrected chi connectivity index (χ2v) is 6.92. The average Bonchev–Trinajstić information content (AvgIpc) is 3.21. The summed E-state index contributed by atoms with van der Waals surface area (Å²) in [5.41, 5.74) is 2.40. The van der Waals surface area contributed by atoms with E-state index in [4.69, 9.17) is 9.15 Å². The van der Waals surface area contributed by atoms with Crippen LogP contribution >= 0.6 is 11.3 Å². The number of para-hydroxylation sites is 1. The number of carbonyl (C=O) groups excluding carboxylic acids is 1. The highest BCUT2D eigenvalue weighted by molar-refractivity contribution is 7.09. The number of thiazole rings is 1. The molecule has 2 heterocycles. The molecule has 0 bridgehead atoms. The van der Waals surface area contributed by atoms with Crippen LogP contribution in [0.5, 0.6) is 5.75 Å². The normalized spacial score (nSPS) is 10.7. The fourth-order valence-corrected chi connectivity index (χ4v) is 3.24. The highest BCUT2D eigenvalue weighted by Crippen LogP contribution is 2.30. The van der Waals surface area contributed by atoms with Crippen molar-refractivity contribution in [2.45, 2.75) is 26.7 Å². The minimum absolute atomic E-state index is 0.0834. The minimum Gasteiger partial charge on any atom is -0.496 e. The zero-order valence-corrected chi connectivity index (χ0v) is 15.9. The van der Waals surface area contributed by atoms with Gasteiger partial charge in [0.1, 0.15) is 11.5 Å². The van der Waals surface area contributed by atoms with Gasteiger partial charge in [-0.2, -0.15) is 0 Å². The molecule has 1 amide bonds. The molecule has 1 aromatic carbocycles. The topological polar surface area (TPSA) is 77.2 Å². The summed E-state index contributed by atoms with van der Waals surface area (Å²) in [6.07, 6.45) is 0.904. The number of aromatic nitrogens is 2. The van der Waals surface area contributed by atoms with Crippen LogP contribution in [0.25, 0.3) is 11.5 Å². The van der Waals surface area contributed by atoms with E-state index in [1.807, 2.05) is 43.5 Å². The molecule has 0 saturated heterocycles. The molecule has 7 heteroatoms. The molecule has 0 aliphatic heterocycles. The Bertz CT molecular complexity index is 901. The number of aryl methyl sites for hydroxylation is 2. The maximum absolute atomic E-state index is 12.2. The second kappa shape index (κ2) is 8.14. The van der Waals surface area contributed by atoms with Gasteiger partial charge in [0.2, 0.25) is 11.8 Å². The van der Waals surface area contributed by atoms with Crippen LogP contribution < -0.4 is 10.1 Å². The Kier molecular flexibility index (Phi) is 5.68. The predicted molar refractivity (Wildman–Crippen MR) is 100 cm³/mol. The summed E-state index contributed by atoms with van der Waals surface area (Å²) in [5.74, 6) is 1.69. The summed E-state index contributed by atoms with van der Waals surface area (Å²) in [6.45, 7) is 4.34. The van der Waals surface area contributed by atoms with Gasteiger partial charge in [-0.15, -0.1) is 11.3 Å². The lowest BCUT2D eigenvalue weighted by Gasteiger charge is -2.03. The molecule has 2 aromatic heterocycles. The number of methoxy groups -OCH3 is 1. The Morgan fingerprint density at radius 3 is 2.81 bits per heavy atom. The van der Waals surface area contributed by atoms with E-state index in [0.717, 1.165) is 22.7 Å². The molecule has 26 heavy (non-hydrogen) atoms. The van der Waals surface area contributed by atoms with Gasteiger partial charge >= 0.3 is 0 Å². The summed E-state index contributed by atoms with van der Waals surface area (Å²) >= 11 is 1.61. The molecule has 1 N–H and O–H groups in total. The van der Waals surface area contributed by atoms with Crippen molar-refractivity contribution < 1.29 is 13.9 Å². The molecule has 0 aliphatic rings. The second-order valence-electron chi connectivity index (χ2n) is 5.86. The summed E-state index contributed by atoms with van der Waals surface area (Å²) in [7, 11) is 1.60. The summed E-state index contributed by atoms with van der Waals surface area (Å²) in [5, 5.41) is 5.96. The SMILES string of the molecule is COc1ccccc1-c1nc(CC(=O)NCCc2csc(C)n2)c(C)o1. The van der Waals surface area contributed by atoms with Crippen molar-refractivity contribution in [3.63, 3.8) is 0 Å². The first kappa shape index (κ1) is 18.1. The highest BCUT2D eigenvalue weighted by Gasteiger charge is 2.17. The van der Waals surface area contributed by atoms with Crippen molar-refractivity contribution in [1.29, 1.82) is 0 Å². The molecular formula is C19H21N3O3S. The van der Waals surface area contributed by atoms with Gasteiger partial charge in [-0.05, 0) is 26.0 Å². The average molecular weight is 371 g/mol. The van der Waals surface area contributed by atoms with Gasteiger partial charge in [0.15, 0.2) is 0 Å². The maximum Gasteiger partial charge on any atom is 0.230 e. The lowest BCUT2D eigenvalue weighted by atomic mass is 10.2. The van der Waals surface area contributed by atoms with E-state index in [9.17, 15) is 4.79 Å². The fourth-order valence-electron chi connectivity index (χ4n) is 2.60. The Hall–Kier alpha value is -2.67. The number of hydrogen-bond acceptors (Lipinski definition) is 6. The first-order valence-corrected chi connectivity index (χ1v) is 9.22. The lowest BCUT2D eigenvalue weighted by molar-refractivity contribution is -0.120. The molecule has 0 saturated carbocycles. The Labute approximate surface area is 156 Å². The van der Waals surface area contributed by atoms with Gasteiger partial charge in [-0.3, -0.25) is 4.79 Å². The van der Waals surface area contributed by atoms with Crippen LogP contribution in [-0.2, 0) is 17.6 Å². The van der Waals surface area contributed by atoms with E-state index in [-0.39, 0.29) is 12.3 Å². The third kappa shape index (κ3) is 4.29. The van der Waals surface area contributed by atoms with E-state index in [1.54, 1.807) is 18.4 Å². The summed E-state index contributed by atoms with van der Waals surface area (Å²) < 4.78 is 11.1. The van der Waals surface area contributed by atoms with Crippen molar-refractivity contribution in [3.8, 4) is 17.2 Å². The van der Waals surface area contributed by atoms with Crippen LogP contribution in [0.2, 0.25) is 0 Å². The van der Waals surface area contributed by atoms with Gasteiger partial charge in [0, 0.05) is 18.3 Å². The zero-order valence-electron chi connectivity index (χ0n) is 15.0. The zero-order chi connectivity index (χ0) is 18.5. The first-order chi connectivity index (χ1) is 12.6. The van der Waals surface area contributed by atoms with Gasteiger partial charge in [0.05, 0.1) is 35.5 Å². The number of nitrogens with zero attached hydrogens (tertiary/aromatic N) is 2. The van der Waals surface area contributed by atoms with Crippen molar-refractivity contribution >= 4 is 17.2 Å². The standard InChI is InChI=1S/C19H21N3O3S/c1-12-16(10-18(23)20-9-8-14-11-26-13(2)21-14)22-19(25-12)15-6-4-5-7-17(15)24-3/h4-7,11H,8-10H2,1-3H3,(H,20,23). The molecule has 6 nitrogen and oxygen atoms in total. The van der Waals surface area contributed by atoms with Crippen molar-refractivity contribution in [2.75, 3.05) is 13.7 Å². The number of nitrogens with one attached hydrogen (secondary N) is 1. The van der Waals surface area contributed by atoms with Crippen LogP contribution in [-0.4, -0.2) is 29.5 Å². The molecule has 3 aromatic rings. The Morgan fingerprint density at radius 1 is 1.27 bits per heavy atom. The third-order valence-electron chi connectivity index (χ3n) is 3.93. The first-order valence-electron chi connectivity index (χ1n) is 8.34. The van der Waals surface area contributed by atoms with Gasteiger partial charge in [-0.1, -0.05) is 12.1 Å². The number of amides is 1. The molecule has 0 aliphatic carbocycles. The van der Waals surface area contributed by atoms with E-state index in [1.165, 1.54) is 0 Å². The summed E-state index contributed by atoms with van der Waals surface area (Å²) in [4.78, 5) is 21.1. The van der Waals surface area contributed by atoms with Crippen molar-refractivity contribution in [2.24, 2.45) is 0 Å². The van der Waals surface area contributed by atoms with E-state index in [0.29, 0.717) is 29.6 Å². The van der Waals surface area contributed by atoms with E-state index < -0.39 is 0 Å². The summed E-state index contributed by atoms with van der Waals surface area (Å²) in [6, 6.07) is 7.51. The minimum atomic E-state index is -0.0834.